The van der Waals surface area contributed by atoms with Crippen LogP contribution in [0.5, 0.6) is 0 Å². The average Bonchev–Trinajstić information content (AvgIpc) is 3.10. The number of fused-ring (bicyclic) bond motifs is 1. The summed E-state index contributed by atoms with van der Waals surface area (Å²) in [6.07, 6.45) is 6.13. The topological polar surface area (TPSA) is 83.4 Å². The summed E-state index contributed by atoms with van der Waals surface area (Å²) in [7, 11) is 0. The molecule has 0 unspecified atom stereocenters. The van der Waals surface area contributed by atoms with Gasteiger partial charge in [-0.15, -0.1) is 0 Å². The van der Waals surface area contributed by atoms with Crippen molar-refractivity contribution in [1.29, 1.82) is 0 Å². The molecule has 4 rings (SSSR count). The summed E-state index contributed by atoms with van der Waals surface area (Å²) in [6.45, 7) is 4.31. The quantitative estimate of drug-likeness (QED) is 0.768. The zero-order chi connectivity index (χ0) is 18.3. The van der Waals surface area contributed by atoms with E-state index in [2.05, 4.69) is 15.1 Å². The highest BCUT2D eigenvalue weighted by Gasteiger charge is 2.30. The van der Waals surface area contributed by atoms with Crippen LogP contribution in [0.15, 0.2) is 35.4 Å². The van der Waals surface area contributed by atoms with E-state index in [4.69, 9.17) is 0 Å². The Hall–Kier alpha value is -2.96. The summed E-state index contributed by atoms with van der Waals surface area (Å²) in [6, 6.07) is 5.26. The normalized spacial score (nSPS) is 17.6. The maximum Gasteiger partial charge on any atom is 0.275 e. The number of aryl methyl sites for hydroxylation is 1. The summed E-state index contributed by atoms with van der Waals surface area (Å²) >= 11 is 0. The molecule has 1 fully saturated rings. The summed E-state index contributed by atoms with van der Waals surface area (Å²) in [5, 5.41) is 3.17. The van der Waals surface area contributed by atoms with E-state index in [1.807, 2.05) is 17.9 Å². The van der Waals surface area contributed by atoms with Crippen molar-refractivity contribution >= 4 is 11.6 Å². The maximum atomic E-state index is 13.0. The molecule has 3 aromatic heterocycles. The van der Waals surface area contributed by atoms with Crippen LogP contribution in [0.2, 0.25) is 0 Å². The van der Waals surface area contributed by atoms with Crippen LogP contribution in [-0.2, 0) is 0 Å². The first-order valence-corrected chi connectivity index (χ1v) is 8.86. The molecule has 1 N–H and O–H groups in total. The van der Waals surface area contributed by atoms with Crippen molar-refractivity contribution < 1.29 is 4.79 Å². The fourth-order valence-electron chi connectivity index (χ4n) is 3.57. The van der Waals surface area contributed by atoms with Gasteiger partial charge in [0.15, 0.2) is 5.65 Å². The minimum atomic E-state index is -0.0958. The van der Waals surface area contributed by atoms with Crippen molar-refractivity contribution in [1.82, 2.24) is 24.5 Å². The molecule has 3 aromatic rings. The zero-order valence-corrected chi connectivity index (χ0v) is 14.9. The first kappa shape index (κ1) is 16.5. The van der Waals surface area contributed by atoms with E-state index in [0.29, 0.717) is 23.3 Å². The molecule has 1 amide bonds. The molecule has 4 heterocycles. The first-order valence-electron chi connectivity index (χ1n) is 8.86. The lowest BCUT2D eigenvalue weighted by atomic mass is 9.98. The van der Waals surface area contributed by atoms with Gasteiger partial charge >= 0.3 is 0 Å². The Balaban J connectivity index is 1.75. The number of aromatic nitrogens is 4. The molecule has 134 valence electrons. The number of carbonyl (C=O) groups excluding carboxylic acids is 1. The summed E-state index contributed by atoms with van der Waals surface area (Å²) in [5.41, 5.74) is 3.33. The van der Waals surface area contributed by atoms with Gasteiger partial charge in [-0.2, -0.15) is 0 Å². The molecule has 0 bridgehead atoms. The number of aromatic amines is 1. The second kappa shape index (κ2) is 6.40. The van der Waals surface area contributed by atoms with Gasteiger partial charge in [-0.1, -0.05) is 0 Å². The van der Waals surface area contributed by atoms with Gasteiger partial charge in [-0.3, -0.25) is 19.7 Å². The number of hydrogen-bond acceptors (Lipinski definition) is 4. The van der Waals surface area contributed by atoms with Crippen molar-refractivity contribution in [3.63, 3.8) is 0 Å². The highest BCUT2D eigenvalue weighted by atomic mass is 16.2. The molecule has 0 aromatic carbocycles. The second-order valence-electron chi connectivity index (χ2n) is 6.78. The third kappa shape index (κ3) is 2.69. The van der Waals surface area contributed by atoms with E-state index in [-0.39, 0.29) is 17.5 Å². The van der Waals surface area contributed by atoms with E-state index in [9.17, 15) is 9.59 Å². The highest BCUT2D eigenvalue weighted by molar-refractivity contribution is 5.94. The van der Waals surface area contributed by atoms with Crippen LogP contribution in [0.25, 0.3) is 5.65 Å². The van der Waals surface area contributed by atoms with Crippen LogP contribution < -0.4 is 5.56 Å². The van der Waals surface area contributed by atoms with E-state index >= 15 is 0 Å². The fourth-order valence-corrected chi connectivity index (χ4v) is 3.57. The van der Waals surface area contributed by atoms with Crippen molar-refractivity contribution in [2.75, 3.05) is 6.54 Å². The molecule has 0 radical (unpaired) electrons. The van der Waals surface area contributed by atoms with Gasteiger partial charge in [0.05, 0.1) is 11.7 Å². The van der Waals surface area contributed by atoms with Gasteiger partial charge in [0.25, 0.3) is 11.5 Å². The number of nitrogens with one attached hydrogen (secondary N) is 1. The van der Waals surface area contributed by atoms with Gasteiger partial charge < -0.3 is 4.90 Å². The lowest BCUT2D eigenvalue weighted by Gasteiger charge is -2.35. The SMILES string of the molecule is Cc1nc2cc([C@H]3CCCCN3C(=O)c3ccncc3)[nH]n2c(=O)c1C. The molecule has 1 aliphatic heterocycles. The standard InChI is InChI=1S/C19H21N5O2/c1-12-13(2)21-17-11-15(22-24(17)18(12)25)16-5-3-4-10-23(16)19(26)14-6-8-20-9-7-14/h6-9,11,16,22H,3-5,10H2,1-2H3/t16-/m1/s1. The molecule has 0 spiro atoms. The zero-order valence-electron chi connectivity index (χ0n) is 14.9. The average molecular weight is 351 g/mol. The number of pyridine rings is 1. The molecule has 0 saturated carbocycles. The number of amides is 1. The van der Waals surface area contributed by atoms with Gasteiger partial charge in [0.1, 0.15) is 0 Å². The largest absolute Gasteiger partial charge is 0.330 e. The Morgan fingerprint density at radius 2 is 2.00 bits per heavy atom. The third-order valence-electron chi connectivity index (χ3n) is 5.15. The van der Waals surface area contributed by atoms with Crippen LogP contribution in [-0.4, -0.2) is 36.9 Å². The Bertz CT molecular complexity index is 1020. The van der Waals surface area contributed by atoms with E-state index in [1.54, 1.807) is 31.5 Å². The Labute approximate surface area is 150 Å². The van der Waals surface area contributed by atoms with Gasteiger partial charge in [0, 0.05) is 41.8 Å². The van der Waals surface area contributed by atoms with Crippen molar-refractivity contribution in [2.24, 2.45) is 0 Å². The van der Waals surface area contributed by atoms with E-state index < -0.39 is 0 Å². The van der Waals surface area contributed by atoms with Crippen molar-refractivity contribution in [3.05, 3.63) is 63.5 Å². The Morgan fingerprint density at radius 1 is 1.23 bits per heavy atom. The summed E-state index contributed by atoms with van der Waals surface area (Å²) < 4.78 is 1.47. The molecule has 1 aliphatic rings. The molecular formula is C19H21N5O2. The number of piperidine rings is 1. The fraction of sp³-hybridized carbons (Fsp3) is 0.368. The molecule has 1 saturated heterocycles. The monoisotopic (exact) mass is 351 g/mol. The minimum absolute atomic E-state index is 0.0107. The number of H-pyrrole nitrogens is 1. The number of likely N-dealkylation sites (tertiary alicyclic amines) is 1. The van der Waals surface area contributed by atoms with Crippen LogP contribution in [0.4, 0.5) is 0 Å². The summed E-state index contributed by atoms with van der Waals surface area (Å²) in [5.74, 6) is -0.0107. The predicted molar refractivity (Wildman–Crippen MR) is 97.2 cm³/mol. The number of carbonyl (C=O) groups is 1. The molecule has 0 aliphatic carbocycles. The first-order chi connectivity index (χ1) is 12.6. The lowest BCUT2D eigenvalue weighted by Crippen LogP contribution is -2.38. The van der Waals surface area contributed by atoms with Crippen molar-refractivity contribution in [2.45, 2.75) is 39.2 Å². The summed E-state index contributed by atoms with van der Waals surface area (Å²) in [4.78, 5) is 35.8. The van der Waals surface area contributed by atoms with Gasteiger partial charge in [-0.25, -0.2) is 9.50 Å². The van der Waals surface area contributed by atoms with Crippen LogP contribution >= 0.6 is 0 Å². The smallest absolute Gasteiger partial charge is 0.275 e. The molecular weight excluding hydrogens is 330 g/mol. The van der Waals surface area contributed by atoms with Gasteiger partial charge in [0.2, 0.25) is 0 Å². The molecule has 7 nitrogen and oxygen atoms in total. The number of nitrogens with zero attached hydrogens (tertiary/aromatic N) is 4. The number of hydrogen-bond donors (Lipinski definition) is 1. The maximum absolute atomic E-state index is 13.0. The molecule has 26 heavy (non-hydrogen) atoms. The van der Waals surface area contributed by atoms with Crippen LogP contribution in [0.3, 0.4) is 0 Å². The highest BCUT2D eigenvalue weighted by Crippen LogP contribution is 2.31. The van der Waals surface area contributed by atoms with Gasteiger partial charge in [-0.05, 0) is 45.2 Å². The lowest BCUT2D eigenvalue weighted by molar-refractivity contribution is 0.0605. The van der Waals surface area contributed by atoms with Crippen LogP contribution in [0.1, 0.15) is 52.6 Å². The number of rotatable bonds is 2. The van der Waals surface area contributed by atoms with E-state index in [1.165, 1.54) is 4.52 Å². The second-order valence-corrected chi connectivity index (χ2v) is 6.78. The Morgan fingerprint density at radius 3 is 2.77 bits per heavy atom. The van der Waals surface area contributed by atoms with E-state index in [0.717, 1.165) is 30.7 Å². The third-order valence-corrected chi connectivity index (χ3v) is 5.15. The van der Waals surface area contributed by atoms with Crippen LogP contribution in [0, 0.1) is 13.8 Å². The molecule has 1 atom stereocenters. The van der Waals surface area contributed by atoms with Crippen molar-refractivity contribution in [3.8, 4) is 0 Å². The minimum Gasteiger partial charge on any atom is -0.330 e. The predicted octanol–water partition coefficient (Wildman–Crippen LogP) is 2.40. The molecule has 7 heteroatoms. The Kier molecular flexibility index (Phi) is 4.06.